The molecule has 0 aliphatic carbocycles. The van der Waals surface area contributed by atoms with Crippen molar-refractivity contribution in [3.8, 4) is 0 Å². The fourth-order valence-electron chi connectivity index (χ4n) is 1.52. The van der Waals surface area contributed by atoms with Crippen LogP contribution in [0.25, 0.3) is 10.1 Å². The maximum absolute atomic E-state index is 13.5. The minimum atomic E-state index is -0.334. The summed E-state index contributed by atoms with van der Waals surface area (Å²) in [6, 6.07) is 3.35. The number of aliphatic hydroxyl groups excluding tert-OH is 1. The first-order valence-corrected chi connectivity index (χ1v) is 5.53. The molecule has 0 bridgehead atoms. The van der Waals surface area contributed by atoms with Gasteiger partial charge in [-0.05, 0) is 28.5 Å². The molecule has 4 heteroatoms. The number of alkyl halides is 1. The van der Waals surface area contributed by atoms with E-state index in [0.717, 1.165) is 10.1 Å². The van der Waals surface area contributed by atoms with Gasteiger partial charge in [0.25, 0.3) is 0 Å². The van der Waals surface area contributed by atoms with Gasteiger partial charge < -0.3 is 5.11 Å². The van der Waals surface area contributed by atoms with Crippen molar-refractivity contribution in [3.63, 3.8) is 0 Å². The number of rotatable bonds is 2. The van der Waals surface area contributed by atoms with Crippen molar-refractivity contribution >= 4 is 33.0 Å². The topological polar surface area (TPSA) is 20.2 Å². The summed E-state index contributed by atoms with van der Waals surface area (Å²) in [5.41, 5.74) is 1.01. The minimum Gasteiger partial charge on any atom is -0.392 e. The normalized spacial score (nSPS) is 11.1. The van der Waals surface area contributed by atoms with Crippen LogP contribution >= 0.6 is 22.9 Å². The third-order valence-electron chi connectivity index (χ3n) is 2.22. The monoisotopic (exact) mass is 230 g/mol. The first-order valence-electron chi connectivity index (χ1n) is 4.12. The Balaban J connectivity index is 2.82. The van der Waals surface area contributed by atoms with Crippen LogP contribution in [0.4, 0.5) is 4.39 Å². The lowest BCUT2D eigenvalue weighted by Crippen LogP contribution is -1.96. The predicted octanol–water partition coefficient (Wildman–Crippen LogP) is 3.27. The van der Waals surface area contributed by atoms with Crippen LogP contribution in [0.15, 0.2) is 17.5 Å². The van der Waals surface area contributed by atoms with E-state index in [-0.39, 0.29) is 18.3 Å². The predicted molar refractivity (Wildman–Crippen MR) is 57.3 cm³/mol. The molecular formula is C10H8ClFOS. The smallest absolute Gasteiger partial charge is 0.129 e. The van der Waals surface area contributed by atoms with Gasteiger partial charge in [-0.15, -0.1) is 22.9 Å². The lowest BCUT2D eigenvalue weighted by atomic mass is 10.0. The molecule has 0 aliphatic rings. The van der Waals surface area contributed by atoms with Crippen LogP contribution in [0.1, 0.15) is 11.1 Å². The lowest BCUT2D eigenvalue weighted by Gasteiger charge is -2.07. The zero-order valence-electron chi connectivity index (χ0n) is 7.26. The van der Waals surface area contributed by atoms with Crippen molar-refractivity contribution in [1.82, 2.24) is 0 Å². The molecule has 1 N–H and O–H groups in total. The van der Waals surface area contributed by atoms with Crippen LogP contribution < -0.4 is 0 Å². The molecule has 0 aliphatic heterocycles. The van der Waals surface area contributed by atoms with Gasteiger partial charge in [0.2, 0.25) is 0 Å². The summed E-state index contributed by atoms with van der Waals surface area (Å²) >= 11 is 7.09. The first kappa shape index (κ1) is 9.90. The van der Waals surface area contributed by atoms with E-state index in [0.29, 0.717) is 11.1 Å². The molecule has 0 radical (unpaired) electrons. The number of halogens is 2. The molecule has 2 aromatic rings. The highest BCUT2D eigenvalue weighted by molar-refractivity contribution is 7.17. The molecule has 0 saturated heterocycles. The van der Waals surface area contributed by atoms with Crippen LogP contribution in [0, 0.1) is 5.82 Å². The Morgan fingerprint density at radius 2 is 2.21 bits per heavy atom. The summed E-state index contributed by atoms with van der Waals surface area (Å²) < 4.78 is 14.3. The van der Waals surface area contributed by atoms with Crippen molar-refractivity contribution in [2.75, 3.05) is 0 Å². The molecule has 74 valence electrons. The highest BCUT2D eigenvalue weighted by Crippen LogP contribution is 2.30. The Kier molecular flexibility index (Phi) is 2.72. The van der Waals surface area contributed by atoms with E-state index in [1.54, 1.807) is 0 Å². The molecule has 1 aromatic carbocycles. The van der Waals surface area contributed by atoms with Crippen molar-refractivity contribution in [2.45, 2.75) is 12.5 Å². The maximum Gasteiger partial charge on any atom is 0.129 e. The number of hydrogen-bond acceptors (Lipinski definition) is 2. The van der Waals surface area contributed by atoms with Gasteiger partial charge in [0, 0.05) is 10.3 Å². The summed E-state index contributed by atoms with van der Waals surface area (Å²) in [5, 5.41) is 11.9. The third-order valence-corrected chi connectivity index (χ3v) is 3.35. The first-order chi connectivity index (χ1) is 6.77. The van der Waals surface area contributed by atoms with Crippen LogP contribution in [0.2, 0.25) is 0 Å². The van der Waals surface area contributed by atoms with Gasteiger partial charge in [-0.2, -0.15) is 0 Å². The lowest BCUT2D eigenvalue weighted by molar-refractivity contribution is 0.282. The molecule has 1 aromatic heterocycles. The molecule has 1 heterocycles. The highest BCUT2D eigenvalue weighted by atomic mass is 35.5. The molecule has 1 nitrogen and oxygen atoms in total. The number of benzene rings is 1. The second-order valence-electron chi connectivity index (χ2n) is 2.94. The molecule has 0 unspecified atom stereocenters. The Bertz CT molecular complexity index is 466. The maximum atomic E-state index is 13.5. The van der Waals surface area contributed by atoms with Crippen LogP contribution in [-0.2, 0) is 12.5 Å². The van der Waals surface area contributed by atoms with Crippen molar-refractivity contribution < 1.29 is 9.50 Å². The Morgan fingerprint density at radius 3 is 2.86 bits per heavy atom. The van der Waals surface area contributed by atoms with Crippen LogP contribution in [0.5, 0.6) is 0 Å². The summed E-state index contributed by atoms with van der Waals surface area (Å²) in [4.78, 5) is 0. The quantitative estimate of drug-likeness (QED) is 0.786. The standard InChI is InChI=1S/C10H8ClFOS/c11-4-7-8(5-13)6-1-2-14-10(6)3-9(7)12/h1-3,13H,4-5H2. The summed E-state index contributed by atoms with van der Waals surface area (Å²) in [6.45, 7) is -0.174. The molecule has 0 spiro atoms. The SMILES string of the molecule is OCc1c(CCl)c(F)cc2sccc12. The van der Waals surface area contributed by atoms with Gasteiger partial charge in [-0.25, -0.2) is 4.39 Å². The molecule has 0 atom stereocenters. The van der Waals surface area contributed by atoms with Crippen LogP contribution in [-0.4, -0.2) is 5.11 Å². The zero-order chi connectivity index (χ0) is 10.1. The van der Waals surface area contributed by atoms with Gasteiger partial charge in [-0.3, -0.25) is 0 Å². The summed E-state index contributed by atoms with van der Waals surface area (Å²) in [6.07, 6.45) is 0. The average molecular weight is 231 g/mol. The number of hydrogen-bond donors (Lipinski definition) is 1. The summed E-state index contributed by atoms with van der Waals surface area (Å²) in [7, 11) is 0. The Hall–Kier alpha value is -0.640. The number of aliphatic hydroxyl groups is 1. The Labute approximate surface area is 89.7 Å². The largest absolute Gasteiger partial charge is 0.392 e. The Morgan fingerprint density at radius 1 is 1.43 bits per heavy atom. The number of thiophene rings is 1. The van der Waals surface area contributed by atoms with E-state index in [9.17, 15) is 4.39 Å². The summed E-state index contributed by atoms with van der Waals surface area (Å²) in [5.74, 6) is -0.243. The van der Waals surface area contributed by atoms with Crippen molar-refractivity contribution in [1.29, 1.82) is 0 Å². The van der Waals surface area contributed by atoms with Crippen LogP contribution in [0.3, 0.4) is 0 Å². The van der Waals surface area contributed by atoms with Crippen molar-refractivity contribution in [2.24, 2.45) is 0 Å². The fourth-order valence-corrected chi connectivity index (χ4v) is 2.65. The van der Waals surface area contributed by atoms with E-state index >= 15 is 0 Å². The number of fused-ring (bicyclic) bond motifs is 1. The van der Waals surface area contributed by atoms with Gasteiger partial charge in [0.1, 0.15) is 5.82 Å². The molecule has 2 rings (SSSR count). The average Bonchev–Trinajstić information content (AvgIpc) is 2.62. The minimum absolute atomic E-state index is 0.0908. The van der Waals surface area contributed by atoms with Gasteiger partial charge in [0.15, 0.2) is 0 Å². The second-order valence-corrected chi connectivity index (χ2v) is 4.15. The third kappa shape index (κ3) is 1.41. The molecule has 0 fully saturated rings. The zero-order valence-corrected chi connectivity index (χ0v) is 8.83. The van der Waals surface area contributed by atoms with Gasteiger partial charge >= 0.3 is 0 Å². The van der Waals surface area contributed by atoms with E-state index in [1.807, 2.05) is 11.4 Å². The van der Waals surface area contributed by atoms with Crippen molar-refractivity contribution in [3.05, 3.63) is 34.5 Å². The van der Waals surface area contributed by atoms with E-state index in [2.05, 4.69) is 0 Å². The van der Waals surface area contributed by atoms with E-state index in [1.165, 1.54) is 17.4 Å². The van der Waals surface area contributed by atoms with E-state index in [4.69, 9.17) is 16.7 Å². The van der Waals surface area contributed by atoms with E-state index < -0.39 is 0 Å². The van der Waals surface area contributed by atoms with Gasteiger partial charge in [-0.1, -0.05) is 0 Å². The molecular weight excluding hydrogens is 223 g/mol. The van der Waals surface area contributed by atoms with Gasteiger partial charge in [0.05, 0.1) is 12.5 Å². The molecule has 14 heavy (non-hydrogen) atoms. The molecule has 0 amide bonds. The fraction of sp³-hybridized carbons (Fsp3) is 0.200. The highest BCUT2D eigenvalue weighted by Gasteiger charge is 2.12. The second kappa shape index (κ2) is 3.85. The molecule has 0 saturated carbocycles.